The van der Waals surface area contributed by atoms with Gasteiger partial charge in [0.25, 0.3) is 0 Å². The maximum Gasteiger partial charge on any atom is 0.403 e. The molecule has 0 aliphatic carbocycles. The molecule has 1 rings (SSSR count). The van der Waals surface area contributed by atoms with E-state index >= 15 is 0 Å². The highest BCUT2D eigenvalue weighted by molar-refractivity contribution is 5.71. The van der Waals surface area contributed by atoms with Gasteiger partial charge in [-0.1, -0.05) is 6.42 Å². The fraction of sp³-hybridized carbons (Fsp3) is 0.909. The number of rotatable bonds is 5. The van der Waals surface area contributed by atoms with E-state index in [1.807, 2.05) is 0 Å². The monoisotopic (exact) mass is 269 g/mol. The SMILES string of the molecule is O=C(O)C(CN1CCCCC1CCO)C(F)(F)F. The zero-order chi connectivity index (χ0) is 13.8. The average molecular weight is 269 g/mol. The summed E-state index contributed by atoms with van der Waals surface area (Å²) >= 11 is 0. The molecule has 0 amide bonds. The number of carboxylic acids is 1. The minimum atomic E-state index is -4.73. The highest BCUT2D eigenvalue weighted by atomic mass is 19.4. The maximum absolute atomic E-state index is 12.6. The number of carboxylic acid groups (broad SMARTS) is 1. The van der Waals surface area contributed by atoms with E-state index in [1.54, 1.807) is 4.90 Å². The first kappa shape index (κ1) is 15.2. The molecule has 0 saturated carbocycles. The van der Waals surface area contributed by atoms with E-state index in [9.17, 15) is 18.0 Å². The number of hydrogen-bond donors (Lipinski definition) is 2. The molecule has 0 bridgehead atoms. The minimum absolute atomic E-state index is 0.0923. The normalized spacial score (nSPS) is 23.9. The molecule has 1 aliphatic rings. The molecule has 2 N–H and O–H groups in total. The lowest BCUT2D eigenvalue weighted by molar-refractivity contribution is -0.198. The third-order valence-electron chi connectivity index (χ3n) is 3.32. The zero-order valence-corrected chi connectivity index (χ0v) is 9.99. The van der Waals surface area contributed by atoms with Gasteiger partial charge in [0, 0.05) is 19.2 Å². The van der Waals surface area contributed by atoms with Crippen LogP contribution in [0.5, 0.6) is 0 Å². The summed E-state index contributed by atoms with van der Waals surface area (Å²) in [7, 11) is 0. The molecule has 2 atom stereocenters. The van der Waals surface area contributed by atoms with Gasteiger partial charge >= 0.3 is 12.1 Å². The van der Waals surface area contributed by atoms with Crippen LogP contribution in [-0.4, -0.2) is 53.0 Å². The number of likely N-dealkylation sites (tertiary alicyclic amines) is 1. The van der Waals surface area contributed by atoms with Crippen molar-refractivity contribution in [1.29, 1.82) is 0 Å². The number of aliphatic hydroxyl groups is 1. The number of hydrogen-bond acceptors (Lipinski definition) is 3. The Bertz CT molecular complexity index is 281. The lowest BCUT2D eigenvalue weighted by Crippen LogP contribution is -2.47. The van der Waals surface area contributed by atoms with Crippen molar-refractivity contribution in [3.63, 3.8) is 0 Å². The fourth-order valence-electron chi connectivity index (χ4n) is 2.33. The van der Waals surface area contributed by atoms with Gasteiger partial charge in [0.2, 0.25) is 0 Å². The van der Waals surface area contributed by atoms with Gasteiger partial charge in [-0.15, -0.1) is 0 Å². The summed E-state index contributed by atoms with van der Waals surface area (Å²) in [6, 6.07) is -0.145. The second-order valence-corrected chi connectivity index (χ2v) is 4.59. The van der Waals surface area contributed by atoms with Gasteiger partial charge in [-0.05, 0) is 25.8 Å². The van der Waals surface area contributed by atoms with E-state index in [1.165, 1.54) is 0 Å². The van der Waals surface area contributed by atoms with Gasteiger partial charge < -0.3 is 10.2 Å². The Morgan fingerprint density at radius 1 is 1.39 bits per heavy atom. The lowest BCUT2D eigenvalue weighted by Gasteiger charge is -2.37. The number of halogens is 3. The van der Waals surface area contributed by atoms with E-state index in [0.29, 0.717) is 19.4 Å². The Labute approximate surface area is 103 Å². The minimum Gasteiger partial charge on any atom is -0.481 e. The number of nitrogens with zero attached hydrogens (tertiary/aromatic N) is 1. The molecule has 1 heterocycles. The Kier molecular flexibility index (Phi) is 5.40. The first-order valence-electron chi connectivity index (χ1n) is 6.00. The number of piperidine rings is 1. The summed E-state index contributed by atoms with van der Waals surface area (Å²) < 4.78 is 37.7. The van der Waals surface area contributed by atoms with Crippen LogP contribution in [-0.2, 0) is 4.79 Å². The van der Waals surface area contributed by atoms with Gasteiger partial charge in [0.1, 0.15) is 0 Å². The van der Waals surface area contributed by atoms with Crippen molar-refractivity contribution in [1.82, 2.24) is 4.90 Å². The summed E-state index contributed by atoms with van der Waals surface area (Å²) in [4.78, 5) is 12.2. The Hall–Kier alpha value is -0.820. The highest BCUT2D eigenvalue weighted by Crippen LogP contribution is 2.30. The molecule has 1 fully saturated rings. The molecule has 2 unspecified atom stereocenters. The van der Waals surface area contributed by atoms with Crippen molar-refractivity contribution >= 4 is 5.97 Å². The number of carbonyl (C=O) groups is 1. The molecule has 7 heteroatoms. The third-order valence-corrected chi connectivity index (χ3v) is 3.32. The molecule has 0 spiro atoms. The van der Waals surface area contributed by atoms with Crippen LogP contribution >= 0.6 is 0 Å². The maximum atomic E-state index is 12.6. The number of aliphatic hydroxyl groups excluding tert-OH is 1. The predicted molar refractivity (Wildman–Crippen MR) is 58.1 cm³/mol. The van der Waals surface area contributed by atoms with E-state index < -0.39 is 24.6 Å². The van der Waals surface area contributed by atoms with Gasteiger partial charge in [0.05, 0.1) is 0 Å². The van der Waals surface area contributed by atoms with Crippen LogP contribution in [0.3, 0.4) is 0 Å². The fourth-order valence-corrected chi connectivity index (χ4v) is 2.33. The average Bonchev–Trinajstić information content (AvgIpc) is 2.26. The Morgan fingerprint density at radius 3 is 2.56 bits per heavy atom. The van der Waals surface area contributed by atoms with E-state index in [0.717, 1.165) is 12.8 Å². The second kappa shape index (κ2) is 6.38. The third kappa shape index (κ3) is 4.13. The summed E-state index contributed by atoms with van der Waals surface area (Å²) in [5.74, 6) is -4.19. The zero-order valence-electron chi connectivity index (χ0n) is 9.99. The first-order chi connectivity index (χ1) is 8.36. The van der Waals surface area contributed by atoms with Crippen LogP contribution in [0.25, 0.3) is 0 Å². The van der Waals surface area contributed by atoms with Crippen molar-refractivity contribution in [2.45, 2.75) is 37.9 Å². The van der Waals surface area contributed by atoms with Gasteiger partial charge in [-0.25, -0.2) is 0 Å². The molecule has 18 heavy (non-hydrogen) atoms. The molecule has 1 saturated heterocycles. The van der Waals surface area contributed by atoms with E-state index in [2.05, 4.69) is 0 Å². The van der Waals surface area contributed by atoms with Crippen LogP contribution < -0.4 is 0 Å². The van der Waals surface area contributed by atoms with Crippen LogP contribution in [0.4, 0.5) is 13.2 Å². The van der Waals surface area contributed by atoms with Crippen molar-refractivity contribution in [3.05, 3.63) is 0 Å². The molecule has 106 valence electrons. The van der Waals surface area contributed by atoms with Gasteiger partial charge in [0.15, 0.2) is 5.92 Å². The molecular formula is C11H18F3NO3. The van der Waals surface area contributed by atoms with Crippen molar-refractivity contribution in [2.24, 2.45) is 5.92 Å². The molecule has 0 aromatic rings. The summed E-state index contributed by atoms with van der Waals surface area (Å²) in [5, 5.41) is 17.5. The molecule has 0 radical (unpaired) electrons. The molecule has 4 nitrogen and oxygen atoms in total. The number of alkyl halides is 3. The summed E-state index contributed by atoms with van der Waals surface area (Å²) in [6.45, 7) is -0.154. The standard InChI is InChI=1S/C11H18F3NO3/c12-11(13,14)9(10(17)18)7-15-5-2-1-3-8(15)4-6-16/h8-9,16H,1-7H2,(H,17,18). The Balaban J connectivity index is 2.69. The quantitative estimate of drug-likeness (QED) is 0.793. The topological polar surface area (TPSA) is 60.8 Å². The van der Waals surface area contributed by atoms with Crippen LogP contribution in [0.2, 0.25) is 0 Å². The highest BCUT2D eigenvalue weighted by Gasteiger charge is 2.46. The molecule has 1 aliphatic heterocycles. The lowest BCUT2D eigenvalue weighted by atomic mass is 9.97. The van der Waals surface area contributed by atoms with E-state index in [-0.39, 0.29) is 12.6 Å². The summed E-state index contributed by atoms with van der Waals surface area (Å²) in [6.07, 6.45) is -1.95. The largest absolute Gasteiger partial charge is 0.481 e. The van der Waals surface area contributed by atoms with Crippen LogP contribution in [0, 0.1) is 5.92 Å². The van der Waals surface area contributed by atoms with Gasteiger partial charge in [-0.2, -0.15) is 13.2 Å². The molecule has 0 aromatic carbocycles. The molecular weight excluding hydrogens is 251 g/mol. The smallest absolute Gasteiger partial charge is 0.403 e. The van der Waals surface area contributed by atoms with Crippen molar-refractivity contribution in [2.75, 3.05) is 19.7 Å². The van der Waals surface area contributed by atoms with Crippen molar-refractivity contribution in [3.8, 4) is 0 Å². The molecule has 0 aromatic heterocycles. The van der Waals surface area contributed by atoms with Crippen LogP contribution in [0.1, 0.15) is 25.7 Å². The van der Waals surface area contributed by atoms with Gasteiger partial charge in [-0.3, -0.25) is 9.69 Å². The summed E-state index contributed by atoms with van der Waals surface area (Å²) in [5.41, 5.74) is 0. The van der Waals surface area contributed by atoms with Crippen molar-refractivity contribution < 1.29 is 28.2 Å². The number of aliphatic carboxylic acids is 1. The van der Waals surface area contributed by atoms with Crippen LogP contribution in [0.15, 0.2) is 0 Å². The first-order valence-corrected chi connectivity index (χ1v) is 6.00. The Morgan fingerprint density at radius 2 is 2.06 bits per heavy atom. The predicted octanol–water partition coefficient (Wildman–Crippen LogP) is 1.49. The van der Waals surface area contributed by atoms with E-state index in [4.69, 9.17) is 10.2 Å². The second-order valence-electron chi connectivity index (χ2n) is 4.59.